The molecule has 0 unspecified atom stereocenters. The van der Waals surface area contributed by atoms with Crippen LogP contribution in [-0.4, -0.2) is 14.8 Å². The maximum atomic E-state index is 5.88. The molecule has 1 atom stereocenters. The second kappa shape index (κ2) is 4.30. The van der Waals surface area contributed by atoms with Crippen molar-refractivity contribution in [3.8, 4) is 5.82 Å². The predicted octanol–water partition coefficient (Wildman–Crippen LogP) is 2.21. The molecule has 4 heteroatoms. The first-order chi connectivity index (χ1) is 8.00. The summed E-state index contributed by atoms with van der Waals surface area (Å²) >= 11 is 0. The Morgan fingerprint density at radius 1 is 1.29 bits per heavy atom. The molecule has 2 heterocycles. The van der Waals surface area contributed by atoms with Crippen LogP contribution in [0.25, 0.3) is 5.82 Å². The van der Waals surface area contributed by atoms with E-state index in [0.29, 0.717) is 0 Å². The topological polar surface area (TPSA) is 56.7 Å². The van der Waals surface area contributed by atoms with Crippen LogP contribution in [0.5, 0.6) is 0 Å². The van der Waals surface area contributed by atoms with E-state index in [4.69, 9.17) is 5.73 Å². The van der Waals surface area contributed by atoms with Crippen LogP contribution < -0.4 is 5.73 Å². The van der Waals surface area contributed by atoms with Crippen molar-refractivity contribution in [2.24, 2.45) is 5.73 Å². The molecule has 0 aliphatic rings. The van der Waals surface area contributed by atoms with Crippen LogP contribution in [0.4, 0.5) is 0 Å². The van der Waals surface area contributed by atoms with Crippen molar-refractivity contribution >= 4 is 0 Å². The number of rotatable bonds is 2. The van der Waals surface area contributed by atoms with Gasteiger partial charge in [-0.1, -0.05) is 0 Å². The van der Waals surface area contributed by atoms with E-state index in [1.165, 1.54) is 5.56 Å². The molecule has 4 nitrogen and oxygen atoms in total. The number of nitrogens with zero attached hydrogens (tertiary/aromatic N) is 3. The summed E-state index contributed by atoms with van der Waals surface area (Å²) in [5.74, 6) is 0.827. The predicted molar refractivity (Wildman–Crippen MR) is 68.2 cm³/mol. The van der Waals surface area contributed by atoms with Gasteiger partial charge in [-0.25, -0.2) is 9.67 Å². The van der Waals surface area contributed by atoms with Gasteiger partial charge in [0.15, 0.2) is 5.82 Å². The summed E-state index contributed by atoms with van der Waals surface area (Å²) < 4.78 is 1.87. The van der Waals surface area contributed by atoms with Crippen molar-refractivity contribution in [3.63, 3.8) is 0 Å². The third-order valence-electron chi connectivity index (χ3n) is 3.17. The van der Waals surface area contributed by atoms with E-state index in [9.17, 15) is 0 Å². The fourth-order valence-corrected chi connectivity index (χ4v) is 1.78. The van der Waals surface area contributed by atoms with Gasteiger partial charge in [0, 0.05) is 17.9 Å². The molecular weight excluding hydrogens is 212 g/mol. The van der Waals surface area contributed by atoms with Gasteiger partial charge in [0.05, 0.1) is 5.69 Å². The molecule has 0 bridgehead atoms. The Morgan fingerprint density at radius 3 is 2.53 bits per heavy atom. The van der Waals surface area contributed by atoms with Crippen LogP contribution in [-0.2, 0) is 0 Å². The zero-order valence-electron chi connectivity index (χ0n) is 10.7. The van der Waals surface area contributed by atoms with E-state index in [-0.39, 0.29) is 6.04 Å². The lowest BCUT2D eigenvalue weighted by molar-refractivity contribution is 0.780. The molecule has 2 rings (SSSR count). The SMILES string of the molecule is Cc1nn(-c2cc([C@@H](C)N)ccn2)c(C)c1C. The molecule has 0 aliphatic carbocycles. The molecule has 0 radical (unpaired) electrons. The summed E-state index contributed by atoms with van der Waals surface area (Å²) in [4.78, 5) is 4.35. The van der Waals surface area contributed by atoms with Gasteiger partial charge in [-0.05, 0) is 51.0 Å². The van der Waals surface area contributed by atoms with E-state index < -0.39 is 0 Å². The molecule has 2 aromatic heterocycles. The van der Waals surface area contributed by atoms with Gasteiger partial charge in [-0.2, -0.15) is 5.10 Å². The Kier molecular flexibility index (Phi) is 2.98. The lowest BCUT2D eigenvalue weighted by Crippen LogP contribution is -2.08. The molecule has 2 N–H and O–H groups in total. The van der Waals surface area contributed by atoms with E-state index >= 15 is 0 Å². The maximum Gasteiger partial charge on any atom is 0.153 e. The highest BCUT2D eigenvalue weighted by molar-refractivity contribution is 5.34. The molecular formula is C13H18N4. The summed E-state index contributed by atoms with van der Waals surface area (Å²) in [5, 5.41) is 4.49. The highest BCUT2D eigenvalue weighted by atomic mass is 15.3. The average molecular weight is 230 g/mol. The molecule has 0 aromatic carbocycles. The standard InChI is InChI=1S/C13H18N4/c1-8-10(3)16-17(11(8)4)13-7-12(9(2)14)5-6-15-13/h5-7,9H,14H2,1-4H3/t9-/m1/s1. The second-order valence-corrected chi connectivity index (χ2v) is 4.44. The summed E-state index contributed by atoms with van der Waals surface area (Å²) in [6.07, 6.45) is 1.78. The minimum absolute atomic E-state index is 0.00909. The van der Waals surface area contributed by atoms with Crippen molar-refractivity contribution in [2.75, 3.05) is 0 Å². The largest absolute Gasteiger partial charge is 0.324 e. The van der Waals surface area contributed by atoms with Gasteiger partial charge in [-0.3, -0.25) is 0 Å². The lowest BCUT2D eigenvalue weighted by Gasteiger charge is -2.08. The fraction of sp³-hybridized carbons (Fsp3) is 0.385. The Bertz CT molecular complexity index is 540. The monoisotopic (exact) mass is 230 g/mol. The number of pyridine rings is 1. The van der Waals surface area contributed by atoms with Crippen molar-refractivity contribution in [1.82, 2.24) is 14.8 Å². The Balaban J connectivity index is 2.53. The van der Waals surface area contributed by atoms with E-state index in [1.807, 2.05) is 30.7 Å². The lowest BCUT2D eigenvalue weighted by atomic mass is 10.1. The number of aryl methyl sites for hydroxylation is 1. The zero-order valence-corrected chi connectivity index (χ0v) is 10.7. The Hall–Kier alpha value is -1.68. The first-order valence-corrected chi connectivity index (χ1v) is 5.75. The smallest absolute Gasteiger partial charge is 0.153 e. The van der Waals surface area contributed by atoms with Crippen molar-refractivity contribution in [1.29, 1.82) is 0 Å². The normalized spacial score (nSPS) is 12.8. The first kappa shape index (κ1) is 11.8. The highest BCUT2D eigenvalue weighted by Gasteiger charge is 2.10. The highest BCUT2D eigenvalue weighted by Crippen LogP contribution is 2.17. The zero-order chi connectivity index (χ0) is 12.6. The number of hydrogen-bond donors (Lipinski definition) is 1. The van der Waals surface area contributed by atoms with Gasteiger partial charge < -0.3 is 5.73 Å². The second-order valence-electron chi connectivity index (χ2n) is 4.44. The molecule has 0 amide bonds. The van der Waals surface area contributed by atoms with Gasteiger partial charge >= 0.3 is 0 Å². The van der Waals surface area contributed by atoms with Crippen LogP contribution in [0, 0.1) is 20.8 Å². The van der Waals surface area contributed by atoms with Crippen LogP contribution in [0.1, 0.15) is 35.5 Å². The molecule has 0 saturated carbocycles. The third-order valence-corrected chi connectivity index (χ3v) is 3.17. The summed E-state index contributed by atoms with van der Waals surface area (Å²) in [6, 6.07) is 3.94. The summed E-state index contributed by atoms with van der Waals surface area (Å²) in [5.41, 5.74) is 10.3. The van der Waals surface area contributed by atoms with Crippen molar-refractivity contribution < 1.29 is 0 Å². The van der Waals surface area contributed by atoms with Gasteiger partial charge in [0.25, 0.3) is 0 Å². The quantitative estimate of drug-likeness (QED) is 0.860. The maximum absolute atomic E-state index is 5.88. The average Bonchev–Trinajstić information content (AvgIpc) is 2.57. The Labute approximate surface area is 101 Å². The van der Waals surface area contributed by atoms with Crippen LogP contribution in [0.15, 0.2) is 18.3 Å². The number of hydrogen-bond acceptors (Lipinski definition) is 3. The summed E-state index contributed by atoms with van der Waals surface area (Å²) in [6.45, 7) is 8.10. The number of nitrogens with two attached hydrogens (primary N) is 1. The summed E-state index contributed by atoms with van der Waals surface area (Å²) in [7, 11) is 0. The molecule has 0 spiro atoms. The van der Waals surface area contributed by atoms with E-state index in [0.717, 1.165) is 22.8 Å². The van der Waals surface area contributed by atoms with Crippen molar-refractivity contribution in [3.05, 3.63) is 40.8 Å². The molecule has 0 saturated heterocycles. The molecule has 2 aromatic rings. The molecule has 90 valence electrons. The van der Waals surface area contributed by atoms with Gasteiger partial charge in [0.1, 0.15) is 0 Å². The minimum Gasteiger partial charge on any atom is -0.324 e. The fourth-order valence-electron chi connectivity index (χ4n) is 1.78. The molecule has 0 aliphatic heterocycles. The number of aromatic nitrogens is 3. The van der Waals surface area contributed by atoms with Crippen molar-refractivity contribution in [2.45, 2.75) is 33.7 Å². The first-order valence-electron chi connectivity index (χ1n) is 5.75. The van der Waals surface area contributed by atoms with Crippen LogP contribution in [0.3, 0.4) is 0 Å². The molecule has 17 heavy (non-hydrogen) atoms. The third kappa shape index (κ3) is 2.08. The van der Waals surface area contributed by atoms with E-state index in [2.05, 4.69) is 23.9 Å². The molecule has 0 fully saturated rings. The Morgan fingerprint density at radius 2 is 2.00 bits per heavy atom. The van der Waals surface area contributed by atoms with Crippen LogP contribution >= 0.6 is 0 Å². The van der Waals surface area contributed by atoms with Gasteiger partial charge in [-0.15, -0.1) is 0 Å². The van der Waals surface area contributed by atoms with E-state index in [1.54, 1.807) is 6.20 Å². The minimum atomic E-state index is 0.00909. The van der Waals surface area contributed by atoms with Crippen LogP contribution in [0.2, 0.25) is 0 Å². The van der Waals surface area contributed by atoms with Gasteiger partial charge in [0.2, 0.25) is 0 Å².